The average molecular weight is 349 g/mol. The first kappa shape index (κ1) is 18.3. The lowest BCUT2D eigenvalue weighted by Gasteiger charge is -2.15. The van der Waals surface area contributed by atoms with Crippen molar-refractivity contribution in [1.29, 1.82) is 0 Å². The van der Waals surface area contributed by atoms with Crippen molar-refractivity contribution in [2.24, 2.45) is 4.99 Å². The number of benzene rings is 2. The fourth-order valence-electron chi connectivity index (χ4n) is 3.32. The first-order valence-electron chi connectivity index (χ1n) is 9.10. The molecule has 1 aliphatic carbocycles. The van der Waals surface area contributed by atoms with E-state index in [2.05, 4.69) is 49.3 Å². The maximum atomic E-state index is 12.5. The molecule has 4 nitrogen and oxygen atoms in total. The molecule has 0 spiro atoms. The first-order chi connectivity index (χ1) is 12.5. The highest BCUT2D eigenvalue weighted by Crippen LogP contribution is 2.26. The second kappa shape index (κ2) is 7.83. The van der Waals surface area contributed by atoms with Crippen LogP contribution in [0, 0.1) is 0 Å². The molecule has 0 heterocycles. The Kier molecular flexibility index (Phi) is 5.52. The van der Waals surface area contributed by atoms with Crippen LogP contribution in [0.5, 0.6) is 0 Å². The zero-order valence-corrected chi connectivity index (χ0v) is 16.1. The van der Waals surface area contributed by atoms with E-state index in [1.54, 1.807) is 19.0 Å². The molecular weight excluding hydrogens is 322 g/mol. The van der Waals surface area contributed by atoms with E-state index in [9.17, 15) is 4.79 Å². The molecule has 2 aromatic rings. The third kappa shape index (κ3) is 3.86. The van der Waals surface area contributed by atoms with Crippen LogP contribution >= 0.6 is 0 Å². The van der Waals surface area contributed by atoms with Crippen molar-refractivity contribution in [3.8, 4) is 0 Å². The van der Waals surface area contributed by atoms with Gasteiger partial charge in [-0.25, -0.2) is 0 Å². The van der Waals surface area contributed by atoms with Gasteiger partial charge in [-0.05, 0) is 50.2 Å². The molecule has 136 valence electrons. The monoisotopic (exact) mass is 349 g/mol. The summed E-state index contributed by atoms with van der Waals surface area (Å²) in [5, 5.41) is 0. The third-order valence-corrected chi connectivity index (χ3v) is 4.77. The number of hydrogen-bond acceptors (Lipinski definition) is 3. The Morgan fingerprint density at radius 1 is 0.962 bits per heavy atom. The Hall–Kier alpha value is -2.46. The number of aliphatic imine (C=N–C) groups is 1. The highest BCUT2D eigenvalue weighted by Gasteiger charge is 2.21. The average Bonchev–Trinajstić information content (AvgIpc) is 2.78. The van der Waals surface area contributed by atoms with Crippen LogP contribution in [0.15, 0.2) is 47.5 Å². The minimum atomic E-state index is 0.0259. The predicted octanol–water partition coefficient (Wildman–Crippen LogP) is 2.89. The van der Waals surface area contributed by atoms with Crippen LogP contribution in [-0.2, 0) is 12.8 Å². The molecule has 2 aromatic carbocycles. The summed E-state index contributed by atoms with van der Waals surface area (Å²) in [6.45, 7) is 1.64. The van der Waals surface area contributed by atoms with Crippen LogP contribution in [0.4, 0.5) is 0 Å². The van der Waals surface area contributed by atoms with Gasteiger partial charge in [-0.3, -0.25) is 9.79 Å². The summed E-state index contributed by atoms with van der Waals surface area (Å²) in [5.74, 6) is 0.0259. The predicted molar refractivity (Wildman–Crippen MR) is 107 cm³/mol. The molecule has 0 saturated carbocycles. The summed E-state index contributed by atoms with van der Waals surface area (Å²) in [4.78, 5) is 21.2. The number of amides is 1. The van der Waals surface area contributed by atoms with Crippen molar-refractivity contribution >= 4 is 11.6 Å². The van der Waals surface area contributed by atoms with Gasteiger partial charge in [-0.15, -0.1) is 0 Å². The van der Waals surface area contributed by atoms with Gasteiger partial charge in [0, 0.05) is 37.3 Å². The topological polar surface area (TPSA) is 35.9 Å². The summed E-state index contributed by atoms with van der Waals surface area (Å²) < 4.78 is 0. The summed E-state index contributed by atoms with van der Waals surface area (Å²) >= 11 is 0. The Balaban J connectivity index is 2.11. The molecule has 0 fully saturated rings. The molecule has 0 saturated heterocycles. The summed E-state index contributed by atoms with van der Waals surface area (Å²) in [6, 6.07) is 14.6. The van der Waals surface area contributed by atoms with E-state index in [1.165, 1.54) is 16.7 Å². The van der Waals surface area contributed by atoms with Gasteiger partial charge < -0.3 is 9.80 Å². The Labute approximate surface area is 156 Å². The molecule has 0 bridgehead atoms. The van der Waals surface area contributed by atoms with Gasteiger partial charge >= 0.3 is 0 Å². The smallest absolute Gasteiger partial charge is 0.253 e. The van der Waals surface area contributed by atoms with Gasteiger partial charge in [-0.2, -0.15) is 0 Å². The third-order valence-electron chi connectivity index (χ3n) is 4.77. The van der Waals surface area contributed by atoms with Crippen molar-refractivity contribution in [2.75, 3.05) is 41.3 Å². The highest BCUT2D eigenvalue weighted by molar-refractivity contribution is 6.15. The van der Waals surface area contributed by atoms with Gasteiger partial charge in [0.25, 0.3) is 5.91 Å². The lowest BCUT2D eigenvalue weighted by atomic mass is 9.95. The van der Waals surface area contributed by atoms with Crippen LogP contribution in [0.2, 0.25) is 0 Å². The molecule has 1 aliphatic rings. The van der Waals surface area contributed by atoms with Gasteiger partial charge in [-0.1, -0.05) is 30.3 Å². The number of aryl methyl sites for hydroxylation is 2. The summed E-state index contributed by atoms with van der Waals surface area (Å²) in [5.41, 5.74) is 6.62. The first-order valence-corrected chi connectivity index (χ1v) is 9.10. The zero-order valence-electron chi connectivity index (χ0n) is 16.1. The van der Waals surface area contributed by atoms with Crippen molar-refractivity contribution in [1.82, 2.24) is 9.80 Å². The number of carbonyl (C=O) groups excluding carboxylic acids is 1. The van der Waals surface area contributed by atoms with E-state index in [1.807, 2.05) is 12.1 Å². The molecule has 0 radical (unpaired) electrons. The summed E-state index contributed by atoms with van der Waals surface area (Å²) in [6.07, 6.45) is 1.96. The number of likely N-dealkylation sites (N-methyl/N-ethyl adjacent to an activating group) is 1. The number of hydrogen-bond donors (Lipinski definition) is 0. The Morgan fingerprint density at radius 3 is 2.35 bits per heavy atom. The quantitative estimate of drug-likeness (QED) is 0.851. The molecule has 1 amide bonds. The molecule has 0 aromatic heterocycles. The van der Waals surface area contributed by atoms with Crippen molar-refractivity contribution in [3.63, 3.8) is 0 Å². The van der Waals surface area contributed by atoms with Crippen molar-refractivity contribution in [3.05, 3.63) is 70.3 Å². The zero-order chi connectivity index (χ0) is 18.7. The second-order valence-electron chi connectivity index (χ2n) is 7.26. The van der Waals surface area contributed by atoms with Crippen LogP contribution in [0.3, 0.4) is 0 Å². The van der Waals surface area contributed by atoms with E-state index in [4.69, 9.17) is 4.99 Å². The normalized spacial score (nSPS) is 14.7. The van der Waals surface area contributed by atoms with E-state index >= 15 is 0 Å². The second-order valence-corrected chi connectivity index (χ2v) is 7.26. The van der Waals surface area contributed by atoms with Crippen LogP contribution in [0.1, 0.15) is 32.6 Å². The number of nitrogens with zero attached hydrogens (tertiary/aromatic N) is 3. The molecule has 4 heteroatoms. The largest absolute Gasteiger partial charge is 0.345 e. The van der Waals surface area contributed by atoms with E-state index in [-0.39, 0.29) is 5.91 Å². The molecule has 26 heavy (non-hydrogen) atoms. The van der Waals surface area contributed by atoms with Crippen LogP contribution < -0.4 is 0 Å². The minimum absolute atomic E-state index is 0.0259. The lowest BCUT2D eigenvalue weighted by Crippen LogP contribution is -2.22. The molecular formula is C22H27N3O. The van der Waals surface area contributed by atoms with Gasteiger partial charge in [0.1, 0.15) is 0 Å². The maximum absolute atomic E-state index is 12.5. The molecule has 0 N–H and O–H groups in total. The fraction of sp³-hybridized carbons (Fsp3) is 0.364. The van der Waals surface area contributed by atoms with E-state index in [0.717, 1.165) is 37.2 Å². The Bertz CT molecular complexity index is 837. The number of carbonyl (C=O) groups is 1. The maximum Gasteiger partial charge on any atom is 0.253 e. The molecule has 0 unspecified atom stereocenters. The van der Waals surface area contributed by atoms with Gasteiger partial charge in [0.05, 0.1) is 12.3 Å². The van der Waals surface area contributed by atoms with Gasteiger partial charge in [0.15, 0.2) is 0 Å². The van der Waals surface area contributed by atoms with Crippen molar-refractivity contribution < 1.29 is 4.79 Å². The molecule has 0 aliphatic heterocycles. The fourth-order valence-corrected chi connectivity index (χ4v) is 3.32. The van der Waals surface area contributed by atoms with Crippen LogP contribution in [-0.4, -0.2) is 62.7 Å². The number of rotatable bonds is 4. The summed E-state index contributed by atoms with van der Waals surface area (Å²) in [7, 11) is 7.69. The lowest BCUT2D eigenvalue weighted by molar-refractivity contribution is 0.0827. The minimum Gasteiger partial charge on any atom is -0.345 e. The molecule has 3 rings (SSSR count). The van der Waals surface area contributed by atoms with Gasteiger partial charge in [0.2, 0.25) is 0 Å². The SMILES string of the molecule is CN(C)CC/N=C1\c2ccccc2CCc2ccc(C(=O)N(C)C)cc21. The van der Waals surface area contributed by atoms with Crippen molar-refractivity contribution in [2.45, 2.75) is 12.8 Å². The molecule has 0 atom stereocenters. The Morgan fingerprint density at radius 2 is 1.65 bits per heavy atom. The van der Waals surface area contributed by atoms with Crippen LogP contribution in [0.25, 0.3) is 0 Å². The highest BCUT2D eigenvalue weighted by atomic mass is 16.2. The van der Waals surface area contributed by atoms with E-state index in [0.29, 0.717) is 5.56 Å². The number of fused-ring (bicyclic) bond motifs is 2. The van der Waals surface area contributed by atoms with E-state index < -0.39 is 0 Å². The standard InChI is InChI=1S/C22H27N3O/c1-24(2)14-13-23-21-19-8-6-5-7-16(19)9-10-17-11-12-18(15-20(17)21)22(26)25(3)4/h5-8,11-12,15H,9-10,13-14H2,1-4H3/b23-21+.